The van der Waals surface area contributed by atoms with Crippen molar-refractivity contribution in [3.63, 3.8) is 0 Å². The lowest BCUT2D eigenvalue weighted by atomic mass is 10.2. The molecule has 3 aromatic rings. The lowest BCUT2D eigenvalue weighted by Crippen LogP contribution is -2.05. The summed E-state index contributed by atoms with van der Waals surface area (Å²) in [7, 11) is -4.79. The lowest BCUT2D eigenvalue weighted by Gasteiger charge is -2.10. The zero-order chi connectivity index (χ0) is 27.9. The summed E-state index contributed by atoms with van der Waals surface area (Å²) >= 11 is 0. The maximum Gasteiger partial charge on any atom is 0.338 e. The van der Waals surface area contributed by atoms with Crippen LogP contribution in [0.5, 0.6) is 0 Å². The number of ether oxygens (including phenoxy) is 2. The minimum absolute atomic E-state index is 0.159. The molecule has 0 saturated heterocycles. The van der Waals surface area contributed by atoms with Crippen LogP contribution < -0.4 is 11.5 Å². The van der Waals surface area contributed by atoms with E-state index in [1.165, 1.54) is 48.5 Å². The van der Waals surface area contributed by atoms with Gasteiger partial charge in [-0.2, -0.15) is 18.6 Å². The molecule has 5 N–H and O–H groups in total. The molecule has 0 bridgehead atoms. The van der Waals surface area contributed by atoms with Crippen LogP contribution in [-0.4, -0.2) is 38.1 Å². The van der Waals surface area contributed by atoms with Gasteiger partial charge in [0.15, 0.2) is 0 Å². The van der Waals surface area contributed by atoms with Gasteiger partial charge in [0.05, 0.1) is 47.1 Å². The molecule has 0 saturated carbocycles. The van der Waals surface area contributed by atoms with Gasteiger partial charge in [-0.3, -0.25) is 4.55 Å². The molecule has 14 heteroatoms. The van der Waals surface area contributed by atoms with Crippen molar-refractivity contribution < 1.29 is 32.0 Å². The number of carbonyl (C=O) groups is 2. The summed E-state index contributed by atoms with van der Waals surface area (Å²) in [5.41, 5.74) is 12.2. The summed E-state index contributed by atoms with van der Waals surface area (Å²) in [6.45, 7) is 3.83. The number of nitrogens with zero attached hydrogens (tertiary/aromatic N) is 4. The minimum Gasteiger partial charge on any atom is -0.462 e. The van der Waals surface area contributed by atoms with Gasteiger partial charge in [0.25, 0.3) is 10.1 Å². The highest BCUT2D eigenvalue weighted by Gasteiger charge is 2.22. The van der Waals surface area contributed by atoms with E-state index in [4.69, 9.17) is 20.9 Å². The molecule has 3 rings (SSSR count). The van der Waals surface area contributed by atoms with E-state index in [2.05, 4.69) is 20.5 Å². The monoisotopic (exact) mass is 540 g/mol. The van der Waals surface area contributed by atoms with Crippen LogP contribution in [-0.2, 0) is 19.6 Å². The Hall–Kier alpha value is -4.69. The van der Waals surface area contributed by atoms with Crippen molar-refractivity contribution in [2.75, 3.05) is 24.7 Å². The van der Waals surface area contributed by atoms with Gasteiger partial charge in [0.1, 0.15) is 16.3 Å². The van der Waals surface area contributed by atoms with Crippen molar-refractivity contribution in [2.24, 2.45) is 20.5 Å². The molecule has 0 amide bonds. The van der Waals surface area contributed by atoms with Gasteiger partial charge < -0.3 is 20.9 Å². The Balaban J connectivity index is 1.96. The minimum atomic E-state index is -4.79. The number of rotatable bonds is 9. The number of hydrogen-bond acceptors (Lipinski definition) is 12. The molecule has 0 aliphatic rings. The van der Waals surface area contributed by atoms with Crippen LogP contribution in [0.4, 0.5) is 34.1 Å². The number of benzene rings is 3. The highest BCUT2D eigenvalue weighted by atomic mass is 32.2. The second kappa shape index (κ2) is 12.0. The van der Waals surface area contributed by atoms with Crippen LogP contribution in [0.3, 0.4) is 0 Å². The van der Waals surface area contributed by atoms with Crippen LogP contribution in [0.1, 0.15) is 34.6 Å². The van der Waals surface area contributed by atoms with E-state index in [0.717, 1.165) is 6.07 Å². The summed E-state index contributed by atoms with van der Waals surface area (Å²) in [4.78, 5) is 22.9. The van der Waals surface area contributed by atoms with Gasteiger partial charge >= 0.3 is 11.9 Å². The van der Waals surface area contributed by atoms with Gasteiger partial charge in [0, 0.05) is 0 Å². The molecule has 0 aromatic heterocycles. The molecule has 0 unspecified atom stereocenters. The van der Waals surface area contributed by atoms with Crippen molar-refractivity contribution in [1.82, 2.24) is 0 Å². The van der Waals surface area contributed by atoms with Crippen molar-refractivity contribution in [3.05, 3.63) is 65.7 Å². The fourth-order valence-electron chi connectivity index (χ4n) is 3.04. The number of nitrogen functional groups attached to an aromatic ring is 2. The first-order valence-corrected chi connectivity index (χ1v) is 12.6. The predicted molar refractivity (Wildman–Crippen MR) is 138 cm³/mol. The van der Waals surface area contributed by atoms with Crippen molar-refractivity contribution >= 4 is 56.2 Å². The van der Waals surface area contributed by atoms with Crippen molar-refractivity contribution in [3.8, 4) is 0 Å². The predicted octanol–water partition coefficient (Wildman–Crippen LogP) is 5.28. The van der Waals surface area contributed by atoms with E-state index in [1.54, 1.807) is 13.8 Å². The van der Waals surface area contributed by atoms with E-state index >= 15 is 0 Å². The smallest absolute Gasteiger partial charge is 0.338 e. The maximum atomic E-state index is 11.9. The third kappa shape index (κ3) is 6.74. The zero-order valence-corrected chi connectivity index (χ0v) is 21.2. The Morgan fingerprint density at radius 1 is 0.763 bits per heavy atom. The molecule has 0 spiro atoms. The molecule has 3 aromatic carbocycles. The molecule has 38 heavy (non-hydrogen) atoms. The fourth-order valence-corrected chi connectivity index (χ4v) is 3.68. The number of anilines is 2. The van der Waals surface area contributed by atoms with Crippen LogP contribution in [0.25, 0.3) is 0 Å². The average molecular weight is 541 g/mol. The molecule has 13 nitrogen and oxygen atoms in total. The van der Waals surface area contributed by atoms with E-state index in [0.29, 0.717) is 22.5 Å². The maximum absolute atomic E-state index is 11.9. The Morgan fingerprint density at radius 3 is 1.63 bits per heavy atom. The van der Waals surface area contributed by atoms with Crippen molar-refractivity contribution in [1.29, 1.82) is 0 Å². The van der Waals surface area contributed by atoms with E-state index in [1.807, 2.05) is 0 Å². The highest BCUT2D eigenvalue weighted by Crippen LogP contribution is 2.43. The van der Waals surface area contributed by atoms with E-state index in [-0.39, 0.29) is 30.3 Å². The van der Waals surface area contributed by atoms with Gasteiger partial charge in [-0.15, -0.1) is 10.2 Å². The first-order chi connectivity index (χ1) is 18.0. The number of esters is 2. The van der Waals surface area contributed by atoms with E-state index in [9.17, 15) is 22.6 Å². The number of azo groups is 2. The molecule has 0 fully saturated rings. The van der Waals surface area contributed by atoms with Gasteiger partial charge in [-0.05, 0) is 68.4 Å². The first-order valence-electron chi connectivity index (χ1n) is 11.1. The second-order valence-corrected chi connectivity index (χ2v) is 8.87. The topological polar surface area (TPSA) is 208 Å². The molecule has 0 radical (unpaired) electrons. The van der Waals surface area contributed by atoms with Gasteiger partial charge in [-0.25, -0.2) is 9.59 Å². The molecule has 0 atom stereocenters. The summed E-state index contributed by atoms with van der Waals surface area (Å²) < 4.78 is 43.4. The average Bonchev–Trinajstić information content (AvgIpc) is 2.88. The quantitative estimate of drug-likeness (QED) is 0.139. The fraction of sp³-hybridized carbons (Fsp3) is 0.167. The standard InChI is InChI=1S/C24H24N6O7S/c1-3-36-23(31)14-5-9-16(10-6-14)27-29-18-13-19(38(33,34)35)21(26)22(20(18)25)30-28-17-11-7-15(8-12-17)24(32)37-4-2/h5-13H,3-4,25-26H2,1-2H3,(H,33,34,35)/b29-27+,30-28+. The molecular weight excluding hydrogens is 516 g/mol. The molecule has 0 aliphatic heterocycles. The zero-order valence-electron chi connectivity index (χ0n) is 20.4. The Kier molecular flexibility index (Phi) is 8.83. The number of nitrogens with two attached hydrogens (primary N) is 2. The van der Waals surface area contributed by atoms with E-state index < -0.39 is 32.6 Å². The van der Waals surface area contributed by atoms with Crippen LogP contribution in [0.2, 0.25) is 0 Å². The molecule has 0 heterocycles. The third-order valence-corrected chi connectivity index (χ3v) is 5.79. The molecular formula is C24H24N6O7S. The summed E-state index contributed by atoms with van der Waals surface area (Å²) in [5, 5.41) is 15.9. The largest absolute Gasteiger partial charge is 0.462 e. The SMILES string of the molecule is CCOC(=O)c1ccc(/N=N/c2cc(S(=O)(=O)O)c(N)c(/N=N/c3ccc(C(=O)OCC)cc3)c2N)cc1. The second-order valence-electron chi connectivity index (χ2n) is 7.48. The molecule has 0 aliphatic carbocycles. The van der Waals surface area contributed by atoms with Crippen molar-refractivity contribution in [2.45, 2.75) is 18.7 Å². The summed E-state index contributed by atoms with van der Waals surface area (Å²) in [5.74, 6) is -1.00. The number of hydrogen-bond donors (Lipinski definition) is 3. The Morgan fingerprint density at radius 2 is 1.21 bits per heavy atom. The van der Waals surface area contributed by atoms with Crippen LogP contribution in [0.15, 0.2) is 79.9 Å². The highest BCUT2D eigenvalue weighted by molar-refractivity contribution is 7.86. The first kappa shape index (κ1) is 27.9. The number of carbonyl (C=O) groups excluding carboxylic acids is 2. The third-order valence-electron chi connectivity index (χ3n) is 4.89. The lowest BCUT2D eigenvalue weighted by molar-refractivity contribution is 0.0517. The normalized spacial score (nSPS) is 11.7. The Labute approximate surface area is 217 Å². The Bertz CT molecular complexity index is 1500. The summed E-state index contributed by atoms with van der Waals surface area (Å²) in [6.07, 6.45) is 0. The van der Waals surface area contributed by atoms with Gasteiger partial charge in [-0.1, -0.05) is 0 Å². The molecule has 198 valence electrons. The summed E-state index contributed by atoms with van der Waals surface area (Å²) in [6, 6.07) is 12.8. The van der Waals surface area contributed by atoms with Crippen LogP contribution >= 0.6 is 0 Å². The van der Waals surface area contributed by atoms with Gasteiger partial charge in [0.2, 0.25) is 0 Å². The van der Waals surface area contributed by atoms with Crippen LogP contribution in [0, 0.1) is 0 Å².